The molecule has 5 nitrogen and oxygen atoms in total. The summed E-state index contributed by atoms with van der Waals surface area (Å²) in [6.45, 7) is 1.33. The number of rotatable bonds is 6. The van der Waals surface area contributed by atoms with Gasteiger partial charge in [-0.05, 0) is 24.6 Å². The maximum atomic E-state index is 13.5. The highest BCUT2D eigenvalue weighted by atomic mass is 32.2. The third kappa shape index (κ3) is 4.61. The molecule has 0 aromatic heterocycles. The van der Waals surface area contributed by atoms with Crippen LogP contribution in [0.1, 0.15) is 18.5 Å². The van der Waals surface area contributed by atoms with Crippen molar-refractivity contribution in [3.05, 3.63) is 66.0 Å². The minimum Gasteiger partial charge on any atom is -0.348 e. The average molecular weight is 336 g/mol. The van der Waals surface area contributed by atoms with Gasteiger partial charge in [-0.1, -0.05) is 42.5 Å². The molecule has 0 unspecified atom stereocenters. The van der Waals surface area contributed by atoms with Crippen molar-refractivity contribution in [2.24, 2.45) is 0 Å². The van der Waals surface area contributed by atoms with E-state index >= 15 is 0 Å². The van der Waals surface area contributed by atoms with Crippen LogP contribution in [0, 0.1) is 5.82 Å². The molecule has 1 amide bonds. The lowest BCUT2D eigenvalue weighted by Gasteiger charge is -2.14. The first-order valence-corrected chi connectivity index (χ1v) is 8.47. The van der Waals surface area contributed by atoms with Crippen LogP contribution in [-0.4, -0.2) is 20.9 Å². The van der Waals surface area contributed by atoms with Crippen LogP contribution in [0.25, 0.3) is 0 Å². The van der Waals surface area contributed by atoms with Crippen LogP contribution < -0.4 is 10.0 Å². The van der Waals surface area contributed by atoms with Crippen molar-refractivity contribution in [3.63, 3.8) is 0 Å². The standard InChI is InChI=1S/C16H17FN2O3S/c1-12(13-7-3-2-4-8-13)19-16(20)11-18-23(21,22)15-10-6-5-9-14(15)17/h2-10,12,18H,11H2,1H3,(H,19,20)/t12-/m0/s1. The second kappa shape index (κ2) is 7.34. The van der Waals surface area contributed by atoms with E-state index in [1.54, 1.807) is 6.92 Å². The number of benzene rings is 2. The van der Waals surface area contributed by atoms with E-state index in [4.69, 9.17) is 0 Å². The second-order valence-corrected chi connectivity index (χ2v) is 6.69. The number of nitrogens with one attached hydrogen (secondary N) is 2. The number of hydrogen-bond donors (Lipinski definition) is 2. The highest BCUT2D eigenvalue weighted by molar-refractivity contribution is 7.89. The molecule has 23 heavy (non-hydrogen) atoms. The summed E-state index contributed by atoms with van der Waals surface area (Å²) >= 11 is 0. The third-order valence-electron chi connectivity index (χ3n) is 3.23. The fourth-order valence-corrected chi connectivity index (χ4v) is 3.08. The third-order valence-corrected chi connectivity index (χ3v) is 4.66. The van der Waals surface area contributed by atoms with Gasteiger partial charge in [0.05, 0.1) is 12.6 Å². The van der Waals surface area contributed by atoms with E-state index in [2.05, 4.69) is 10.0 Å². The van der Waals surface area contributed by atoms with Gasteiger partial charge in [0, 0.05) is 0 Å². The molecule has 0 saturated carbocycles. The minimum atomic E-state index is -4.07. The Bertz CT molecular complexity index is 779. The molecule has 2 rings (SSSR count). The van der Waals surface area contributed by atoms with Gasteiger partial charge in [0.1, 0.15) is 10.7 Å². The first-order chi connectivity index (χ1) is 10.9. The monoisotopic (exact) mass is 336 g/mol. The molecule has 122 valence electrons. The lowest BCUT2D eigenvalue weighted by molar-refractivity contribution is -0.120. The summed E-state index contributed by atoms with van der Waals surface area (Å²) in [5, 5.41) is 2.68. The maximum Gasteiger partial charge on any atom is 0.243 e. The van der Waals surface area contributed by atoms with Gasteiger partial charge >= 0.3 is 0 Å². The van der Waals surface area contributed by atoms with E-state index < -0.39 is 33.2 Å². The summed E-state index contributed by atoms with van der Waals surface area (Å²) in [5.74, 6) is -1.36. The fraction of sp³-hybridized carbons (Fsp3) is 0.188. The summed E-state index contributed by atoms with van der Waals surface area (Å²) in [4.78, 5) is 11.4. The van der Waals surface area contributed by atoms with Gasteiger partial charge in [0.25, 0.3) is 0 Å². The molecule has 0 radical (unpaired) electrons. The van der Waals surface area contributed by atoms with Crippen molar-refractivity contribution in [1.29, 1.82) is 0 Å². The second-order valence-electron chi connectivity index (χ2n) is 4.95. The first kappa shape index (κ1) is 17.1. The molecular formula is C16H17FN2O3S. The normalized spacial score (nSPS) is 12.6. The van der Waals surface area contributed by atoms with Crippen molar-refractivity contribution >= 4 is 15.9 Å². The summed E-state index contributed by atoms with van der Waals surface area (Å²) in [5.41, 5.74) is 0.901. The summed E-state index contributed by atoms with van der Waals surface area (Å²) in [6.07, 6.45) is 0. The Kier molecular flexibility index (Phi) is 5.46. The molecule has 0 aliphatic heterocycles. The lowest BCUT2D eigenvalue weighted by Crippen LogP contribution is -2.38. The van der Waals surface area contributed by atoms with Crippen LogP contribution in [0.15, 0.2) is 59.5 Å². The zero-order valence-electron chi connectivity index (χ0n) is 12.5. The van der Waals surface area contributed by atoms with Crippen molar-refractivity contribution in [1.82, 2.24) is 10.0 Å². The maximum absolute atomic E-state index is 13.5. The predicted octanol–water partition coefficient (Wildman–Crippen LogP) is 1.98. The fourth-order valence-electron chi connectivity index (χ4n) is 2.02. The van der Waals surface area contributed by atoms with E-state index in [0.29, 0.717) is 0 Å². The van der Waals surface area contributed by atoms with Crippen LogP contribution in [0.5, 0.6) is 0 Å². The van der Waals surface area contributed by atoms with Crippen molar-refractivity contribution in [2.75, 3.05) is 6.54 Å². The summed E-state index contributed by atoms with van der Waals surface area (Å²) in [6, 6.07) is 14.0. The quantitative estimate of drug-likeness (QED) is 0.847. The molecule has 0 heterocycles. The highest BCUT2D eigenvalue weighted by Crippen LogP contribution is 2.13. The zero-order valence-corrected chi connectivity index (χ0v) is 13.3. The number of hydrogen-bond acceptors (Lipinski definition) is 3. The van der Waals surface area contributed by atoms with E-state index in [1.165, 1.54) is 12.1 Å². The number of carbonyl (C=O) groups is 1. The van der Waals surface area contributed by atoms with Crippen LogP contribution in [0.3, 0.4) is 0 Å². The highest BCUT2D eigenvalue weighted by Gasteiger charge is 2.19. The van der Waals surface area contributed by atoms with Gasteiger partial charge in [0.2, 0.25) is 15.9 Å². The van der Waals surface area contributed by atoms with Gasteiger partial charge in [0.15, 0.2) is 0 Å². The Morgan fingerprint density at radius 2 is 1.70 bits per heavy atom. The Morgan fingerprint density at radius 1 is 1.09 bits per heavy atom. The SMILES string of the molecule is C[C@H](NC(=O)CNS(=O)(=O)c1ccccc1F)c1ccccc1. The molecule has 7 heteroatoms. The van der Waals surface area contributed by atoms with Crippen LogP contribution >= 0.6 is 0 Å². The number of sulfonamides is 1. The van der Waals surface area contributed by atoms with Crippen molar-refractivity contribution in [3.8, 4) is 0 Å². The smallest absolute Gasteiger partial charge is 0.243 e. The molecule has 1 atom stereocenters. The molecule has 2 aromatic carbocycles. The molecule has 0 aliphatic rings. The molecule has 0 fully saturated rings. The van der Waals surface area contributed by atoms with Gasteiger partial charge in [-0.25, -0.2) is 17.5 Å². The number of carbonyl (C=O) groups excluding carboxylic acids is 1. The Labute approximate surface area is 134 Å². The van der Waals surface area contributed by atoms with E-state index in [9.17, 15) is 17.6 Å². The van der Waals surface area contributed by atoms with Gasteiger partial charge in [-0.3, -0.25) is 4.79 Å². The predicted molar refractivity (Wildman–Crippen MR) is 84.6 cm³/mol. The van der Waals surface area contributed by atoms with Crippen LogP contribution in [-0.2, 0) is 14.8 Å². The molecule has 2 N–H and O–H groups in total. The number of halogens is 1. The molecule has 2 aromatic rings. The minimum absolute atomic E-state index is 0.262. The van der Waals surface area contributed by atoms with Gasteiger partial charge < -0.3 is 5.32 Å². The van der Waals surface area contributed by atoms with Crippen molar-refractivity contribution in [2.45, 2.75) is 17.9 Å². The largest absolute Gasteiger partial charge is 0.348 e. The average Bonchev–Trinajstić information content (AvgIpc) is 2.54. The summed E-state index contributed by atoms with van der Waals surface area (Å²) < 4.78 is 39.6. The van der Waals surface area contributed by atoms with Gasteiger partial charge in [-0.2, -0.15) is 0 Å². The summed E-state index contributed by atoms with van der Waals surface area (Å²) in [7, 11) is -4.07. The number of amides is 1. The molecule has 0 aliphatic carbocycles. The molecular weight excluding hydrogens is 319 g/mol. The van der Waals surface area contributed by atoms with Crippen LogP contribution in [0.2, 0.25) is 0 Å². The Balaban J connectivity index is 1.95. The van der Waals surface area contributed by atoms with Crippen LogP contribution in [0.4, 0.5) is 4.39 Å². The molecule has 0 spiro atoms. The molecule has 0 bridgehead atoms. The Morgan fingerprint density at radius 3 is 2.35 bits per heavy atom. The van der Waals surface area contributed by atoms with E-state index in [1.807, 2.05) is 30.3 Å². The molecule has 0 saturated heterocycles. The van der Waals surface area contributed by atoms with E-state index in [-0.39, 0.29) is 6.04 Å². The topological polar surface area (TPSA) is 75.3 Å². The zero-order chi connectivity index (χ0) is 16.9. The first-order valence-electron chi connectivity index (χ1n) is 6.98. The van der Waals surface area contributed by atoms with Gasteiger partial charge in [-0.15, -0.1) is 0 Å². The Hall–Kier alpha value is -2.25. The van der Waals surface area contributed by atoms with Crippen molar-refractivity contribution < 1.29 is 17.6 Å². The van der Waals surface area contributed by atoms with E-state index in [0.717, 1.165) is 17.7 Å². The lowest BCUT2D eigenvalue weighted by atomic mass is 10.1.